The molecule has 0 aromatic heterocycles. The van der Waals surface area contributed by atoms with Crippen LogP contribution in [-0.2, 0) is 14.3 Å². The maximum atomic E-state index is 13.2. The van der Waals surface area contributed by atoms with Gasteiger partial charge in [0, 0.05) is 36.5 Å². The molecule has 1 N–H and O–H groups in total. The molecule has 0 unspecified atom stereocenters. The van der Waals surface area contributed by atoms with E-state index in [1.165, 1.54) is 19.3 Å². The Bertz CT molecular complexity index is 685. The number of aliphatic hydroxyl groups excluding tert-OH is 1. The van der Waals surface area contributed by atoms with Crippen LogP contribution in [-0.4, -0.2) is 48.5 Å². The van der Waals surface area contributed by atoms with Gasteiger partial charge in [-0.2, -0.15) is 0 Å². The van der Waals surface area contributed by atoms with Crippen molar-refractivity contribution >= 4 is 21.8 Å². The third kappa shape index (κ3) is 6.30. The minimum atomic E-state index is -0.453. The summed E-state index contributed by atoms with van der Waals surface area (Å²) >= 11 is 3.48. The molecule has 1 heterocycles. The fourth-order valence-corrected chi connectivity index (χ4v) is 4.35. The minimum absolute atomic E-state index is 0.0531. The molecule has 1 aliphatic heterocycles. The van der Waals surface area contributed by atoms with Gasteiger partial charge in [-0.25, -0.2) is 0 Å². The topological polar surface area (TPSA) is 59.0 Å². The van der Waals surface area contributed by atoms with Crippen LogP contribution in [0.3, 0.4) is 0 Å². The van der Waals surface area contributed by atoms with Crippen LogP contribution in [0.25, 0.3) is 0 Å². The van der Waals surface area contributed by atoms with Crippen molar-refractivity contribution in [1.82, 2.24) is 4.90 Å². The van der Waals surface area contributed by atoms with Crippen LogP contribution < -0.4 is 0 Å². The van der Waals surface area contributed by atoms with Crippen LogP contribution in [0.15, 0.2) is 40.6 Å². The zero-order valence-electron chi connectivity index (χ0n) is 17.2. The lowest BCUT2D eigenvalue weighted by molar-refractivity contribution is -0.153. The summed E-state index contributed by atoms with van der Waals surface area (Å²) in [5.74, 6) is 0.408. The van der Waals surface area contributed by atoms with Gasteiger partial charge in [0.2, 0.25) is 6.29 Å². The summed E-state index contributed by atoms with van der Waals surface area (Å²) in [6.07, 6.45) is 9.39. The zero-order chi connectivity index (χ0) is 20.6. The lowest BCUT2D eigenvalue weighted by atomic mass is 9.92. The van der Waals surface area contributed by atoms with Crippen molar-refractivity contribution in [2.45, 2.75) is 69.6 Å². The molecule has 1 aromatic carbocycles. The van der Waals surface area contributed by atoms with Crippen LogP contribution in [0.4, 0.5) is 0 Å². The lowest BCUT2D eigenvalue weighted by Crippen LogP contribution is -2.41. The Morgan fingerprint density at radius 2 is 1.93 bits per heavy atom. The van der Waals surface area contributed by atoms with Crippen molar-refractivity contribution in [3.8, 4) is 0 Å². The minimum Gasteiger partial charge on any atom is -0.459 e. The van der Waals surface area contributed by atoms with Crippen LogP contribution in [0, 0.1) is 0 Å². The molecule has 2 aliphatic rings. The molecule has 6 heteroatoms. The molecular weight excluding hydrogens is 434 g/mol. The van der Waals surface area contributed by atoms with Gasteiger partial charge in [-0.3, -0.25) is 4.79 Å². The van der Waals surface area contributed by atoms with E-state index in [1.807, 2.05) is 30.2 Å². The van der Waals surface area contributed by atoms with E-state index >= 15 is 0 Å². The van der Waals surface area contributed by atoms with E-state index in [-0.39, 0.29) is 24.5 Å². The normalized spacial score (nSPS) is 22.7. The molecule has 1 fully saturated rings. The lowest BCUT2D eigenvalue weighted by Gasteiger charge is -2.34. The molecule has 0 saturated heterocycles. The first-order valence-corrected chi connectivity index (χ1v) is 11.5. The number of hydrogen-bond donors (Lipinski definition) is 1. The summed E-state index contributed by atoms with van der Waals surface area (Å²) in [5, 5.41) is 8.97. The summed E-state index contributed by atoms with van der Waals surface area (Å²) in [4.78, 5) is 15.0. The summed E-state index contributed by atoms with van der Waals surface area (Å²) in [5.41, 5.74) is 1.14. The maximum Gasteiger partial charge on any atom is 0.288 e. The van der Waals surface area contributed by atoms with Crippen LogP contribution in [0.1, 0.15) is 62.8 Å². The van der Waals surface area contributed by atoms with Gasteiger partial charge in [0.15, 0.2) is 5.76 Å². The predicted octanol–water partition coefficient (Wildman–Crippen LogP) is 4.74. The number of nitrogens with zero attached hydrogens (tertiary/aromatic N) is 1. The number of halogens is 1. The van der Waals surface area contributed by atoms with E-state index in [0.717, 1.165) is 29.3 Å². The smallest absolute Gasteiger partial charge is 0.288 e. The Morgan fingerprint density at radius 3 is 2.62 bits per heavy atom. The largest absolute Gasteiger partial charge is 0.459 e. The quantitative estimate of drug-likeness (QED) is 0.563. The molecule has 29 heavy (non-hydrogen) atoms. The number of aliphatic hydroxyl groups is 1. The van der Waals surface area contributed by atoms with Gasteiger partial charge >= 0.3 is 0 Å². The molecule has 1 saturated carbocycles. The number of carbonyl (C=O) groups excluding carboxylic acids is 1. The van der Waals surface area contributed by atoms with Gasteiger partial charge < -0.3 is 19.5 Å². The third-order valence-corrected chi connectivity index (χ3v) is 6.39. The number of benzene rings is 1. The summed E-state index contributed by atoms with van der Waals surface area (Å²) in [6, 6.07) is 8.48. The fraction of sp³-hybridized carbons (Fsp3) is 0.609. The summed E-state index contributed by atoms with van der Waals surface area (Å²) in [6.45, 7) is 0.671. The van der Waals surface area contributed by atoms with Gasteiger partial charge in [0.25, 0.3) is 5.91 Å². The first kappa shape index (κ1) is 22.3. The summed E-state index contributed by atoms with van der Waals surface area (Å²) in [7, 11) is 1.89. The van der Waals surface area contributed by atoms with E-state index in [2.05, 4.69) is 28.1 Å². The van der Waals surface area contributed by atoms with Crippen LogP contribution in [0.5, 0.6) is 0 Å². The van der Waals surface area contributed by atoms with Crippen molar-refractivity contribution in [2.24, 2.45) is 0 Å². The highest BCUT2D eigenvalue weighted by Gasteiger charge is 2.32. The standard InChI is InChI=1S/C23H32BrNO4/c1-25(20-7-3-2-4-8-20)23(27)21-15-18(17-9-11-19(24)12-10-17)16-22(29-21)28-14-6-5-13-26/h9-12,15,18,20,22,26H,2-8,13-14,16H2,1H3/t18-,22+/m1/s1. The first-order valence-electron chi connectivity index (χ1n) is 10.7. The molecule has 3 rings (SSSR count). The van der Waals surface area contributed by atoms with E-state index < -0.39 is 6.29 Å². The number of unbranched alkanes of at least 4 members (excludes halogenated alkanes) is 1. The molecule has 1 amide bonds. The summed E-state index contributed by atoms with van der Waals surface area (Å²) < 4.78 is 12.9. The molecule has 2 atom stereocenters. The number of likely N-dealkylation sites (N-methyl/N-ethyl adjacent to an activating group) is 1. The van der Waals surface area contributed by atoms with E-state index in [0.29, 0.717) is 25.2 Å². The Kier molecular flexibility index (Phi) is 8.57. The van der Waals surface area contributed by atoms with Crippen molar-refractivity contribution in [3.63, 3.8) is 0 Å². The SMILES string of the molecule is CN(C(=O)C1=C[C@@H](c2ccc(Br)cc2)C[C@@H](OCCCCO)O1)C1CCCCC1. The predicted molar refractivity (Wildman–Crippen MR) is 116 cm³/mol. The van der Waals surface area contributed by atoms with Crippen LogP contribution in [0.2, 0.25) is 0 Å². The Balaban J connectivity index is 1.74. The number of rotatable bonds is 8. The molecule has 0 radical (unpaired) electrons. The number of allylic oxidation sites excluding steroid dienone is 1. The molecule has 1 aromatic rings. The van der Waals surface area contributed by atoms with Crippen molar-refractivity contribution in [3.05, 3.63) is 46.1 Å². The Hall–Kier alpha value is -1.37. The number of carbonyl (C=O) groups is 1. The van der Waals surface area contributed by atoms with E-state index in [1.54, 1.807) is 0 Å². The molecule has 0 spiro atoms. The average molecular weight is 466 g/mol. The van der Waals surface area contributed by atoms with Crippen molar-refractivity contribution in [2.75, 3.05) is 20.3 Å². The second kappa shape index (κ2) is 11.1. The van der Waals surface area contributed by atoms with Gasteiger partial charge in [-0.1, -0.05) is 47.3 Å². The van der Waals surface area contributed by atoms with Gasteiger partial charge in [0.05, 0.1) is 6.61 Å². The molecule has 0 bridgehead atoms. The number of amides is 1. The van der Waals surface area contributed by atoms with Crippen LogP contribution >= 0.6 is 15.9 Å². The highest BCUT2D eigenvalue weighted by molar-refractivity contribution is 9.10. The average Bonchev–Trinajstić information content (AvgIpc) is 2.76. The Labute approximate surface area is 182 Å². The van der Waals surface area contributed by atoms with Crippen molar-refractivity contribution < 1.29 is 19.4 Å². The molecule has 5 nitrogen and oxygen atoms in total. The zero-order valence-corrected chi connectivity index (χ0v) is 18.8. The first-order chi connectivity index (χ1) is 14.1. The third-order valence-electron chi connectivity index (χ3n) is 5.87. The van der Waals surface area contributed by atoms with E-state index in [4.69, 9.17) is 14.6 Å². The van der Waals surface area contributed by atoms with Gasteiger partial charge in [-0.15, -0.1) is 0 Å². The fourth-order valence-electron chi connectivity index (χ4n) is 4.09. The molecule has 1 aliphatic carbocycles. The van der Waals surface area contributed by atoms with E-state index in [9.17, 15) is 4.79 Å². The molecule has 160 valence electrons. The highest BCUT2D eigenvalue weighted by atomic mass is 79.9. The van der Waals surface area contributed by atoms with Crippen molar-refractivity contribution in [1.29, 1.82) is 0 Å². The molecular formula is C23H32BrNO4. The highest BCUT2D eigenvalue weighted by Crippen LogP contribution is 2.33. The van der Waals surface area contributed by atoms with Gasteiger partial charge in [0.1, 0.15) is 0 Å². The second-order valence-electron chi connectivity index (χ2n) is 7.98. The Morgan fingerprint density at radius 1 is 1.21 bits per heavy atom. The monoisotopic (exact) mass is 465 g/mol. The van der Waals surface area contributed by atoms with Gasteiger partial charge in [-0.05, 0) is 49.5 Å². The number of hydrogen-bond acceptors (Lipinski definition) is 4. The maximum absolute atomic E-state index is 13.2. The number of ether oxygens (including phenoxy) is 2. The second-order valence-corrected chi connectivity index (χ2v) is 8.90.